The zero-order valence-corrected chi connectivity index (χ0v) is 28.6. The highest BCUT2D eigenvalue weighted by molar-refractivity contribution is 6.36. The van der Waals surface area contributed by atoms with Crippen LogP contribution < -0.4 is 15.1 Å². The molecule has 4 aliphatic rings. The van der Waals surface area contributed by atoms with Crippen molar-refractivity contribution in [3.05, 3.63) is 130 Å². The minimum Gasteiger partial charge on any atom is -0.505 e. The van der Waals surface area contributed by atoms with Gasteiger partial charge in [0.15, 0.2) is 11.6 Å². The lowest BCUT2D eigenvalue weighted by Gasteiger charge is -2.50. The number of methoxy groups -OCH3 is 1. The molecule has 12 heteroatoms. The monoisotopic (exact) mass is 725 g/mol. The van der Waals surface area contributed by atoms with Crippen LogP contribution in [0, 0.1) is 29.5 Å². The molecule has 0 aromatic heterocycles. The van der Waals surface area contributed by atoms with Gasteiger partial charge in [-0.1, -0.05) is 77.3 Å². The third-order valence-electron chi connectivity index (χ3n) is 10.9. The number of phenolic OH excluding ortho intramolecular Hbond substituents is 1. The van der Waals surface area contributed by atoms with Crippen molar-refractivity contribution < 1.29 is 33.4 Å². The minimum absolute atomic E-state index is 0.0182. The second kappa shape index (κ2) is 12.2. The molecule has 258 valence electrons. The van der Waals surface area contributed by atoms with Crippen LogP contribution in [0.2, 0.25) is 10.0 Å². The number of carbonyl (C=O) groups is 4. The van der Waals surface area contributed by atoms with Gasteiger partial charge in [-0.05, 0) is 72.9 Å². The Bertz CT molecular complexity index is 2160. The summed E-state index contributed by atoms with van der Waals surface area (Å²) in [5.41, 5.74) is 2.93. The third kappa shape index (κ3) is 4.80. The maximum Gasteiger partial charge on any atom is 0.260 e. The van der Waals surface area contributed by atoms with Gasteiger partial charge in [-0.15, -0.1) is 0 Å². The van der Waals surface area contributed by atoms with E-state index in [-0.39, 0.29) is 35.0 Å². The van der Waals surface area contributed by atoms with Crippen LogP contribution >= 0.6 is 23.2 Å². The van der Waals surface area contributed by atoms with Crippen LogP contribution in [0.25, 0.3) is 0 Å². The number of aromatic hydroxyl groups is 1. The molecule has 4 aromatic rings. The van der Waals surface area contributed by atoms with E-state index in [1.54, 1.807) is 60.7 Å². The first-order valence-corrected chi connectivity index (χ1v) is 17.2. The molecular formula is C39H30Cl2FN3O6. The zero-order valence-electron chi connectivity index (χ0n) is 27.1. The van der Waals surface area contributed by atoms with Gasteiger partial charge in [-0.3, -0.25) is 29.5 Å². The second-order valence-electron chi connectivity index (χ2n) is 13.2. The van der Waals surface area contributed by atoms with Crippen LogP contribution in [-0.2, 0) is 24.6 Å². The van der Waals surface area contributed by atoms with Crippen LogP contribution in [0.4, 0.5) is 15.8 Å². The second-order valence-corrected chi connectivity index (χ2v) is 14.1. The van der Waals surface area contributed by atoms with Gasteiger partial charge >= 0.3 is 0 Å². The summed E-state index contributed by atoms with van der Waals surface area (Å²) in [6, 6.07) is 24.0. The predicted molar refractivity (Wildman–Crippen MR) is 188 cm³/mol. The summed E-state index contributed by atoms with van der Waals surface area (Å²) in [6.45, 7) is 0. The molecule has 3 fully saturated rings. The first-order chi connectivity index (χ1) is 24.6. The molecule has 0 spiro atoms. The van der Waals surface area contributed by atoms with Crippen LogP contribution in [0.5, 0.6) is 11.5 Å². The summed E-state index contributed by atoms with van der Waals surface area (Å²) in [4.78, 5) is 59.5. The van der Waals surface area contributed by atoms with Gasteiger partial charge in [0, 0.05) is 16.5 Å². The lowest BCUT2D eigenvalue weighted by molar-refractivity contribution is -0.138. The van der Waals surface area contributed by atoms with Gasteiger partial charge in [0.05, 0.1) is 46.7 Å². The molecule has 4 aromatic carbocycles. The Balaban J connectivity index is 1.35. The number of nitrogens with zero attached hydrogens (tertiary/aromatic N) is 2. The molecule has 1 saturated carbocycles. The maximum absolute atomic E-state index is 15.3. The van der Waals surface area contributed by atoms with Crippen LogP contribution in [0.15, 0.2) is 103 Å². The molecule has 6 unspecified atom stereocenters. The molecule has 6 atom stereocenters. The summed E-state index contributed by atoms with van der Waals surface area (Å²) in [5, 5.41) is 12.8. The van der Waals surface area contributed by atoms with Crippen molar-refractivity contribution >= 4 is 58.2 Å². The van der Waals surface area contributed by atoms with Gasteiger partial charge in [-0.25, -0.2) is 4.39 Å². The summed E-state index contributed by atoms with van der Waals surface area (Å²) >= 11 is 12.6. The van der Waals surface area contributed by atoms with Gasteiger partial charge in [0.25, 0.3) is 11.8 Å². The van der Waals surface area contributed by atoms with Gasteiger partial charge in [0.2, 0.25) is 11.8 Å². The standard InChI is InChI=1S/C39H30Cl2FN3O6/c1-51-23-13-10-20(11-14-23)39-28(36(48)45(38(39)50)43-31-17-12-21(40)18-29(31)41)19-27-24(33(39)26-8-5-9-30(42)34(26)46)15-16-25-32(27)37(49)44(35(25)47)22-6-3-2-4-7-22/h2-15,17-18,25,27-28,32-33,43,46H,16,19H2,1H3. The Kier molecular flexibility index (Phi) is 7.92. The van der Waals surface area contributed by atoms with E-state index in [1.165, 1.54) is 36.3 Å². The quantitative estimate of drug-likeness (QED) is 0.162. The Morgan fingerprint density at radius 2 is 1.63 bits per heavy atom. The number of ether oxygens (including phenoxy) is 1. The molecular weight excluding hydrogens is 696 g/mol. The Hall–Kier alpha value is -5.19. The van der Waals surface area contributed by atoms with Gasteiger partial charge in [0.1, 0.15) is 5.75 Å². The Labute approximate surface area is 302 Å². The fourth-order valence-electron chi connectivity index (χ4n) is 8.78. The first kappa shape index (κ1) is 33.0. The van der Waals surface area contributed by atoms with Crippen molar-refractivity contribution in [2.45, 2.75) is 24.2 Å². The normalized spacial score (nSPS) is 26.8. The number of allylic oxidation sites excluding steroid dienone is 2. The molecule has 9 nitrogen and oxygen atoms in total. The van der Waals surface area contributed by atoms with E-state index >= 15 is 9.18 Å². The van der Waals surface area contributed by atoms with E-state index in [0.29, 0.717) is 27.6 Å². The molecule has 8 rings (SSSR count). The van der Waals surface area contributed by atoms with Crippen molar-refractivity contribution in [3.63, 3.8) is 0 Å². The van der Waals surface area contributed by atoms with E-state index in [9.17, 15) is 19.5 Å². The lowest BCUT2D eigenvalue weighted by Crippen LogP contribution is -2.53. The van der Waals surface area contributed by atoms with Gasteiger partial charge < -0.3 is 9.84 Å². The first-order valence-electron chi connectivity index (χ1n) is 16.4. The maximum atomic E-state index is 15.3. The number of carbonyl (C=O) groups excluding carboxylic acids is 4. The SMILES string of the molecule is COc1ccc(C23C(=O)N(Nc4ccc(Cl)cc4Cl)C(=O)C2CC2C(=CCC4C(=O)N(c5ccccc5)C(=O)C42)C3c2cccc(F)c2O)cc1. The number of nitrogens with one attached hydrogen (secondary N) is 1. The number of anilines is 2. The molecule has 2 aliphatic heterocycles. The number of hydrazine groups is 1. The summed E-state index contributed by atoms with van der Waals surface area (Å²) in [6.07, 6.45) is 2.03. The van der Waals surface area contributed by atoms with Crippen molar-refractivity contribution in [2.75, 3.05) is 17.4 Å². The average molecular weight is 727 g/mol. The number of hydrogen-bond acceptors (Lipinski definition) is 7. The molecule has 2 saturated heterocycles. The zero-order chi connectivity index (χ0) is 35.8. The Morgan fingerprint density at radius 3 is 2.33 bits per heavy atom. The lowest BCUT2D eigenvalue weighted by atomic mass is 9.49. The van der Waals surface area contributed by atoms with Crippen LogP contribution in [0.3, 0.4) is 0 Å². The molecule has 2 N–H and O–H groups in total. The highest BCUT2D eigenvalue weighted by Crippen LogP contribution is 2.65. The van der Waals surface area contributed by atoms with E-state index in [4.69, 9.17) is 27.9 Å². The molecule has 2 heterocycles. The number of rotatable bonds is 6. The third-order valence-corrected chi connectivity index (χ3v) is 11.5. The van der Waals surface area contributed by atoms with Crippen molar-refractivity contribution in [2.24, 2.45) is 23.7 Å². The number of benzene rings is 4. The average Bonchev–Trinajstić information content (AvgIpc) is 3.51. The topological polar surface area (TPSA) is 116 Å². The van der Waals surface area contributed by atoms with Crippen molar-refractivity contribution in [1.29, 1.82) is 0 Å². The fraction of sp³-hybridized carbons (Fsp3) is 0.231. The highest BCUT2D eigenvalue weighted by Gasteiger charge is 2.70. The van der Waals surface area contributed by atoms with Gasteiger partial charge in [-0.2, -0.15) is 5.01 Å². The van der Waals surface area contributed by atoms with Crippen molar-refractivity contribution in [3.8, 4) is 11.5 Å². The summed E-state index contributed by atoms with van der Waals surface area (Å²) in [5.74, 6) is -7.64. The molecule has 4 amide bonds. The smallest absolute Gasteiger partial charge is 0.260 e. The molecule has 51 heavy (non-hydrogen) atoms. The number of halogens is 3. The van der Waals surface area contributed by atoms with E-state index in [2.05, 4.69) is 5.43 Å². The largest absolute Gasteiger partial charge is 0.505 e. The molecule has 2 aliphatic carbocycles. The number of fused-ring (bicyclic) bond motifs is 4. The number of imide groups is 2. The highest BCUT2D eigenvalue weighted by atomic mass is 35.5. The number of para-hydroxylation sites is 2. The van der Waals surface area contributed by atoms with E-state index in [1.807, 2.05) is 6.08 Å². The summed E-state index contributed by atoms with van der Waals surface area (Å²) in [7, 11) is 1.50. The van der Waals surface area contributed by atoms with Crippen LogP contribution in [0.1, 0.15) is 29.9 Å². The van der Waals surface area contributed by atoms with E-state index in [0.717, 1.165) is 11.1 Å². The number of amides is 4. The summed E-state index contributed by atoms with van der Waals surface area (Å²) < 4.78 is 20.7. The molecule has 0 radical (unpaired) electrons. The molecule has 0 bridgehead atoms. The van der Waals surface area contributed by atoms with Crippen molar-refractivity contribution in [1.82, 2.24) is 5.01 Å². The Morgan fingerprint density at radius 1 is 0.882 bits per heavy atom. The number of hydrogen-bond donors (Lipinski definition) is 2. The van der Waals surface area contributed by atoms with Crippen LogP contribution in [-0.4, -0.2) is 40.9 Å². The van der Waals surface area contributed by atoms with E-state index < -0.39 is 64.3 Å². The minimum atomic E-state index is -1.74. The predicted octanol–water partition coefficient (Wildman–Crippen LogP) is 7.04. The number of phenols is 1. The fourth-order valence-corrected chi connectivity index (χ4v) is 9.24.